The lowest BCUT2D eigenvalue weighted by atomic mass is 9.90. The van der Waals surface area contributed by atoms with Crippen LogP contribution in [0.25, 0.3) is 0 Å². The van der Waals surface area contributed by atoms with E-state index in [1.165, 1.54) is 0 Å². The number of carboxylic acids is 1. The summed E-state index contributed by atoms with van der Waals surface area (Å²) in [5, 5.41) is 9.26. The van der Waals surface area contributed by atoms with Crippen LogP contribution in [0.5, 0.6) is 0 Å². The highest BCUT2D eigenvalue weighted by atomic mass is 16.5. The SMILES string of the molecule is COC(C)CN1CCC(C(=O)O)c2ccccc21. The molecule has 1 aliphatic rings. The van der Waals surface area contributed by atoms with Crippen LogP contribution in [0, 0.1) is 0 Å². The lowest BCUT2D eigenvalue weighted by Crippen LogP contribution is -2.38. The van der Waals surface area contributed by atoms with Crippen LogP contribution in [-0.4, -0.2) is 37.4 Å². The maximum Gasteiger partial charge on any atom is 0.311 e. The Morgan fingerprint density at radius 3 is 2.94 bits per heavy atom. The summed E-state index contributed by atoms with van der Waals surface area (Å²) in [6, 6.07) is 7.76. The molecule has 2 atom stereocenters. The van der Waals surface area contributed by atoms with E-state index in [0.29, 0.717) is 6.42 Å². The molecule has 0 spiro atoms. The molecule has 4 nitrogen and oxygen atoms in total. The topological polar surface area (TPSA) is 49.8 Å². The number of carboxylic acid groups (broad SMARTS) is 1. The van der Waals surface area contributed by atoms with E-state index < -0.39 is 5.97 Å². The Kier molecular flexibility index (Phi) is 3.87. The molecule has 0 saturated carbocycles. The molecular weight excluding hydrogens is 230 g/mol. The quantitative estimate of drug-likeness (QED) is 0.887. The molecule has 1 N–H and O–H groups in total. The fourth-order valence-electron chi connectivity index (χ4n) is 2.46. The number of para-hydroxylation sites is 1. The molecule has 0 saturated heterocycles. The summed E-state index contributed by atoms with van der Waals surface area (Å²) in [4.78, 5) is 13.5. The molecule has 4 heteroatoms. The van der Waals surface area contributed by atoms with Crippen molar-refractivity contribution in [3.63, 3.8) is 0 Å². The van der Waals surface area contributed by atoms with Gasteiger partial charge in [-0.1, -0.05) is 18.2 Å². The van der Waals surface area contributed by atoms with Crippen molar-refractivity contribution in [1.82, 2.24) is 0 Å². The highest BCUT2D eigenvalue weighted by molar-refractivity contribution is 5.80. The van der Waals surface area contributed by atoms with Gasteiger partial charge in [0.2, 0.25) is 0 Å². The van der Waals surface area contributed by atoms with Crippen LogP contribution < -0.4 is 4.90 Å². The molecule has 1 heterocycles. The first kappa shape index (κ1) is 12.9. The third-order valence-electron chi connectivity index (χ3n) is 3.52. The Labute approximate surface area is 107 Å². The van der Waals surface area contributed by atoms with Crippen LogP contribution in [0.4, 0.5) is 5.69 Å². The minimum absolute atomic E-state index is 0.138. The summed E-state index contributed by atoms with van der Waals surface area (Å²) < 4.78 is 5.28. The number of aliphatic carboxylic acids is 1. The Hall–Kier alpha value is -1.55. The molecule has 1 aliphatic heterocycles. The number of carbonyl (C=O) groups is 1. The number of nitrogens with zero attached hydrogens (tertiary/aromatic N) is 1. The van der Waals surface area contributed by atoms with E-state index in [2.05, 4.69) is 4.90 Å². The zero-order chi connectivity index (χ0) is 13.1. The lowest BCUT2D eigenvalue weighted by Gasteiger charge is -2.35. The van der Waals surface area contributed by atoms with E-state index in [0.717, 1.165) is 24.3 Å². The number of fused-ring (bicyclic) bond motifs is 1. The van der Waals surface area contributed by atoms with Crippen LogP contribution >= 0.6 is 0 Å². The van der Waals surface area contributed by atoms with Crippen LogP contribution in [0.2, 0.25) is 0 Å². The first-order valence-corrected chi connectivity index (χ1v) is 6.23. The number of rotatable bonds is 4. The monoisotopic (exact) mass is 249 g/mol. The van der Waals surface area contributed by atoms with Gasteiger partial charge in [-0.15, -0.1) is 0 Å². The number of anilines is 1. The Balaban J connectivity index is 2.27. The van der Waals surface area contributed by atoms with Crippen molar-refractivity contribution in [2.24, 2.45) is 0 Å². The fourth-order valence-corrected chi connectivity index (χ4v) is 2.46. The molecule has 0 amide bonds. The molecule has 98 valence electrons. The predicted octanol–water partition coefficient (Wildman–Crippen LogP) is 2.10. The zero-order valence-corrected chi connectivity index (χ0v) is 10.8. The van der Waals surface area contributed by atoms with Gasteiger partial charge in [0.05, 0.1) is 12.0 Å². The van der Waals surface area contributed by atoms with Gasteiger partial charge in [0.25, 0.3) is 0 Å². The van der Waals surface area contributed by atoms with Gasteiger partial charge in [0.15, 0.2) is 0 Å². The second kappa shape index (κ2) is 5.40. The third kappa shape index (κ3) is 2.48. The maximum atomic E-state index is 11.3. The molecule has 18 heavy (non-hydrogen) atoms. The number of hydrogen-bond donors (Lipinski definition) is 1. The summed E-state index contributed by atoms with van der Waals surface area (Å²) in [6.07, 6.45) is 0.794. The van der Waals surface area contributed by atoms with Crippen molar-refractivity contribution in [3.8, 4) is 0 Å². The lowest BCUT2D eigenvalue weighted by molar-refractivity contribution is -0.139. The fraction of sp³-hybridized carbons (Fsp3) is 0.500. The number of benzene rings is 1. The largest absolute Gasteiger partial charge is 0.481 e. The van der Waals surface area contributed by atoms with Gasteiger partial charge >= 0.3 is 5.97 Å². The van der Waals surface area contributed by atoms with E-state index in [1.54, 1.807) is 7.11 Å². The first-order chi connectivity index (χ1) is 8.63. The van der Waals surface area contributed by atoms with Crippen LogP contribution in [0.1, 0.15) is 24.8 Å². The molecule has 1 aromatic carbocycles. The molecular formula is C14H19NO3. The van der Waals surface area contributed by atoms with E-state index in [9.17, 15) is 9.90 Å². The summed E-state index contributed by atoms with van der Waals surface area (Å²) in [7, 11) is 1.70. The van der Waals surface area contributed by atoms with Gasteiger partial charge in [-0.25, -0.2) is 0 Å². The maximum absolute atomic E-state index is 11.3. The van der Waals surface area contributed by atoms with E-state index in [-0.39, 0.29) is 12.0 Å². The third-order valence-corrected chi connectivity index (χ3v) is 3.52. The van der Waals surface area contributed by atoms with Crippen LogP contribution in [0.3, 0.4) is 0 Å². The molecule has 1 aromatic rings. The number of hydrogen-bond acceptors (Lipinski definition) is 3. The van der Waals surface area contributed by atoms with Gasteiger partial charge in [-0.3, -0.25) is 4.79 Å². The molecule has 0 aromatic heterocycles. The first-order valence-electron chi connectivity index (χ1n) is 6.23. The molecule has 0 aliphatic carbocycles. The van der Waals surface area contributed by atoms with Gasteiger partial charge in [-0.05, 0) is 25.0 Å². The summed E-state index contributed by atoms with van der Waals surface area (Å²) in [5.74, 6) is -1.11. The summed E-state index contributed by atoms with van der Waals surface area (Å²) in [6.45, 7) is 3.58. The number of ether oxygens (including phenoxy) is 1. The highest BCUT2D eigenvalue weighted by Gasteiger charge is 2.29. The smallest absolute Gasteiger partial charge is 0.311 e. The summed E-state index contributed by atoms with van der Waals surface area (Å²) >= 11 is 0. The van der Waals surface area contributed by atoms with Gasteiger partial charge < -0.3 is 14.7 Å². The normalized spacial score (nSPS) is 20.3. The minimum Gasteiger partial charge on any atom is -0.481 e. The average molecular weight is 249 g/mol. The van der Waals surface area contributed by atoms with Crippen molar-refractivity contribution in [2.45, 2.75) is 25.4 Å². The van der Waals surface area contributed by atoms with Crippen molar-refractivity contribution in [3.05, 3.63) is 29.8 Å². The Morgan fingerprint density at radius 1 is 1.56 bits per heavy atom. The highest BCUT2D eigenvalue weighted by Crippen LogP contribution is 2.35. The van der Waals surface area contributed by atoms with Crippen molar-refractivity contribution in [1.29, 1.82) is 0 Å². The molecule has 0 fully saturated rings. The van der Waals surface area contributed by atoms with E-state index >= 15 is 0 Å². The second-order valence-electron chi connectivity index (χ2n) is 4.73. The summed E-state index contributed by atoms with van der Waals surface area (Å²) in [5.41, 5.74) is 1.94. The molecule has 0 bridgehead atoms. The molecule has 2 unspecified atom stereocenters. The second-order valence-corrected chi connectivity index (χ2v) is 4.73. The minimum atomic E-state index is -0.734. The van der Waals surface area contributed by atoms with E-state index in [4.69, 9.17) is 4.74 Å². The molecule has 0 radical (unpaired) electrons. The molecule has 2 rings (SSSR count). The average Bonchev–Trinajstić information content (AvgIpc) is 2.38. The zero-order valence-electron chi connectivity index (χ0n) is 10.8. The number of methoxy groups -OCH3 is 1. The standard InChI is InChI=1S/C14H19NO3/c1-10(18-2)9-15-8-7-12(14(16)17)11-5-3-4-6-13(11)15/h3-6,10,12H,7-9H2,1-2H3,(H,16,17). The van der Waals surface area contributed by atoms with Crippen molar-refractivity contribution in [2.75, 3.05) is 25.1 Å². The van der Waals surface area contributed by atoms with E-state index in [1.807, 2.05) is 31.2 Å². The van der Waals surface area contributed by atoms with Gasteiger partial charge in [-0.2, -0.15) is 0 Å². The Bertz CT molecular complexity index is 433. The van der Waals surface area contributed by atoms with Gasteiger partial charge in [0, 0.05) is 25.9 Å². The predicted molar refractivity (Wildman–Crippen MR) is 70.1 cm³/mol. The van der Waals surface area contributed by atoms with Crippen molar-refractivity contribution >= 4 is 11.7 Å². The van der Waals surface area contributed by atoms with Crippen LogP contribution in [0.15, 0.2) is 24.3 Å². The van der Waals surface area contributed by atoms with Gasteiger partial charge in [0.1, 0.15) is 0 Å². The van der Waals surface area contributed by atoms with Crippen molar-refractivity contribution < 1.29 is 14.6 Å². The van der Waals surface area contributed by atoms with Crippen LogP contribution in [-0.2, 0) is 9.53 Å². The Morgan fingerprint density at radius 2 is 2.28 bits per heavy atom.